The van der Waals surface area contributed by atoms with Crippen LogP contribution in [0.5, 0.6) is 0 Å². The molecule has 0 aliphatic heterocycles. The van der Waals surface area contributed by atoms with Gasteiger partial charge in [0.15, 0.2) is 5.65 Å². The van der Waals surface area contributed by atoms with Crippen LogP contribution in [0.25, 0.3) is 5.65 Å². The van der Waals surface area contributed by atoms with Crippen LogP contribution in [0.2, 0.25) is 0 Å². The molecule has 1 N–H and O–H groups in total. The summed E-state index contributed by atoms with van der Waals surface area (Å²) in [6.45, 7) is 3.85. The highest BCUT2D eigenvalue weighted by Gasteiger charge is 2.04. The quantitative estimate of drug-likeness (QED) is 0.723. The number of nitrogens with one attached hydrogen (secondary N) is 1. The molecule has 0 amide bonds. The highest BCUT2D eigenvalue weighted by molar-refractivity contribution is 9.10. The summed E-state index contributed by atoms with van der Waals surface area (Å²) in [6, 6.07) is 12.4. The average molecular weight is 345 g/mol. The van der Waals surface area contributed by atoms with E-state index in [0.717, 1.165) is 35.5 Å². The largest absolute Gasteiger partial charge is 0.312 e. The molecule has 0 unspecified atom stereocenters. The Bertz CT molecular complexity index is 751. The van der Waals surface area contributed by atoms with Gasteiger partial charge in [0.1, 0.15) is 5.82 Å². The molecular formula is C16H17BrN4. The molecule has 0 atom stereocenters. The molecule has 2 aromatic heterocycles. The smallest absolute Gasteiger partial charge is 0.160 e. The molecule has 108 valence electrons. The third-order valence-electron chi connectivity index (χ3n) is 3.46. The van der Waals surface area contributed by atoms with Crippen LogP contribution < -0.4 is 5.32 Å². The van der Waals surface area contributed by atoms with Crippen molar-refractivity contribution in [1.82, 2.24) is 19.9 Å². The van der Waals surface area contributed by atoms with E-state index in [9.17, 15) is 0 Å². The van der Waals surface area contributed by atoms with Crippen molar-refractivity contribution in [3.63, 3.8) is 0 Å². The van der Waals surface area contributed by atoms with E-state index in [1.54, 1.807) is 0 Å². The first-order valence-electron chi connectivity index (χ1n) is 6.98. The number of fused-ring (bicyclic) bond motifs is 1. The molecule has 1 aromatic carbocycles. The molecule has 3 aromatic rings. The molecule has 0 aliphatic rings. The zero-order valence-electron chi connectivity index (χ0n) is 11.9. The Kier molecular flexibility index (Phi) is 4.31. The predicted molar refractivity (Wildman–Crippen MR) is 87.3 cm³/mol. The predicted octanol–water partition coefficient (Wildman–Crippen LogP) is 3.13. The monoisotopic (exact) mass is 344 g/mol. The molecule has 0 fully saturated rings. The first-order chi connectivity index (χ1) is 10.2. The maximum absolute atomic E-state index is 4.23. The molecule has 2 heterocycles. The van der Waals surface area contributed by atoms with Crippen molar-refractivity contribution in [3.05, 3.63) is 64.0 Å². The first kappa shape index (κ1) is 14.2. The van der Waals surface area contributed by atoms with Gasteiger partial charge in [-0.05, 0) is 36.2 Å². The van der Waals surface area contributed by atoms with Crippen LogP contribution in [0.15, 0.2) is 47.1 Å². The SMILES string of the molecule is Cc1cc(CNCCc2nnc3ccccn23)ccc1Br. The van der Waals surface area contributed by atoms with E-state index in [1.807, 2.05) is 28.8 Å². The molecule has 4 nitrogen and oxygen atoms in total. The van der Waals surface area contributed by atoms with Gasteiger partial charge in [-0.15, -0.1) is 10.2 Å². The summed E-state index contributed by atoms with van der Waals surface area (Å²) in [5.74, 6) is 0.991. The summed E-state index contributed by atoms with van der Waals surface area (Å²) in [7, 11) is 0. The van der Waals surface area contributed by atoms with Gasteiger partial charge < -0.3 is 5.32 Å². The second kappa shape index (κ2) is 6.37. The molecule has 0 saturated heterocycles. The Morgan fingerprint density at radius 2 is 2.10 bits per heavy atom. The molecule has 0 aliphatic carbocycles. The van der Waals surface area contributed by atoms with Crippen LogP contribution in [0.1, 0.15) is 17.0 Å². The zero-order chi connectivity index (χ0) is 14.7. The molecule has 0 bridgehead atoms. The Morgan fingerprint density at radius 1 is 1.19 bits per heavy atom. The van der Waals surface area contributed by atoms with Gasteiger partial charge in [-0.2, -0.15) is 0 Å². The number of nitrogens with zero attached hydrogens (tertiary/aromatic N) is 3. The average Bonchev–Trinajstić information content (AvgIpc) is 2.91. The Balaban J connectivity index is 1.55. The number of hydrogen-bond donors (Lipinski definition) is 1. The number of hydrogen-bond acceptors (Lipinski definition) is 3. The van der Waals surface area contributed by atoms with Gasteiger partial charge in [-0.25, -0.2) is 0 Å². The summed E-state index contributed by atoms with van der Waals surface area (Å²) >= 11 is 3.52. The van der Waals surface area contributed by atoms with Crippen LogP contribution in [-0.2, 0) is 13.0 Å². The van der Waals surface area contributed by atoms with E-state index in [2.05, 4.69) is 56.6 Å². The summed E-state index contributed by atoms with van der Waals surface area (Å²) in [6.07, 6.45) is 2.86. The van der Waals surface area contributed by atoms with Gasteiger partial charge in [-0.1, -0.05) is 34.1 Å². The van der Waals surface area contributed by atoms with Crippen LogP contribution in [0, 0.1) is 6.92 Å². The summed E-state index contributed by atoms with van der Waals surface area (Å²) in [4.78, 5) is 0. The number of benzene rings is 1. The van der Waals surface area contributed by atoms with Gasteiger partial charge in [0.05, 0.1) is 0 Å². The minimum atomic E-state index is 0.862. The second-order valence-corrected chi connectivity index (χ2v) is 5.91. The fraction of sp³-hybridized carbons (Fsp3) is 0.250. The van der Waals surface area contributed by atoms with E-state index in [4.69, 9.17) is 0 Å². The number of rotatable bonds is 5. The molecule has 0 radical (unpaired) electrons. The summed E-state index contributed by atoms with van der Waals surface area (Å²) in [5.41, 5.74) is 3.45. The first-order valence-corrected chi connectivity index (χ1v) is 7.78. The van der Waals surface area contributed by atoms with Crippen LogP contribution in [-0.4, -0.2) is 21.1 Å². The lowest BCUT2D eigenvalue weighted by atomic mass is 10.1. The highest BCUT2D eigenvalue weighted by atomic mass is 79.9. The van der Waals surface area contributed by atoms with Crippen molar-refractivity contribution in [2.75, 3.05) is 6.54 Å². The molecule has 3 rings (SSSR count). The minimum absolute atomic E-state index is 0.862. The highest BCUT2D eigenvalue weighted by Crippen LogP contribution is 2.16. The minimum Gasteiger partial charge on any atom is -0.312 e. The van der Waals surface area contributed by atoms with Crippen LogP contribution >= 0.6 is 15.9 Å². The Hall–Kier alpha value is -1.72. The van der Waals surface area contributed by atoms with E-state index in [1.165, 1.54) is 11.1 Å². The number of aryl methyl sites for hydroxylation is 1. The van der Waals surface area contributed by atoms with Crippen LogP contribution in [0.3, 0.4) is 0 Å². The maximum Gasteiger partial charge on any atom is 0.160 e. The van der Waals surface area contributed by atoms with Crippen molar-refractivity contribution in [2.24, 2.45) is 0 Å². The number of pyridine rings is 1. The van der Waals surface area contributed by atoms with E-state index in [-0.39, 0.29) is 0 Å². The zero-order valence-corrected chi connectivity index (χ0v) is 13.5. The van der Waals surface area contributed by atoms with Crippen molar-refractivity contribution in [2.45, 2.75) is 19.9 Å². The van der Waals surface area contributed by atoms with E-state index >= 15 is 0 Å². The lowest BCUT2D eigenvalue weighted by molar-refractivity contribution is 0.666. The summed E-state index contributed by atoms with van der Waals surface area (Å²) in [5, 5.41) is 11.8. The number of aromatic nitrogens is 3. The molecular weight excluding hydrogens is 328 g/mol. The third kappa shape index (κ3) is 3.31. The van der Waals surface area contributed by atoms with E-state index < -0.39 is 0 Å². The molecule has 5 heteroatoms. The van der Waals surface area contributed by atoms with E-state index in [0.29, 0.717) is 0 Å². The fourth-order valence-electron chi connectivity index (χ4n) is 2.31. The standard InChI is InChI=1S/C16H17BrN4/c1-12-10-13(5-6-14(12)17)11-18-8-7-16-20-19-15-4-2-3-9-21(15)16/h2-6,9-10,18H,7-8,11H2,1H3. The van der Waals surface area contributed by atoms with Crippen molar-refractivity contribution in [3.8, 4) is 0 Å². The molecule has 0 saturated carbocycles. The second-order valence-electron chi connectivity index (χ2n) is 5.06. The molecule has 0 spiro atoms. The Labute approximate surface area is 132 Å². The maximum atomic E-state index is 4.23. The lowest BCUT2D eigenvalue weighted by Crippen LogP contribution is -2.17. The fourth-order valence-corrected chi connectivity index (χ4v) is 2.56. The summed E-state index contributed by atoms with van der Waals surface area (Å²) < 4.78 is 3.19. The van der Waals surface area contributed by atoms with Crippen molar-refractivity contribution < 1.29 is 0 Å². The van der Waals surface area contributed by atoms with Gasteiger partial charge in [0, 0.05) is 30.2 Å². The van der Waals surface area contributed by atoms with Crippen molar-refractivity contribution >= 4 is 21.6 Å². The molecule has 21 heavy (non-hydrogen) atoms. The van der Waals surface area contributed by atoms with Crippen molar-refractivity contribution in [1.29, 1.82) is 0 Å². The lowest BCUT2D eigenvalue weighted by Gasteiger charge is -2.06. The topological polar surface area (TPSA) is 42.2 Å². The number of halogens is 1. The third-order valence-corrected chi connectivity index (χ3v) is 4.35. The Morgan fingerprint density at radius 3 is 2.95 bits per heavy atom. The van der Waals surface area contributed by atoms with Gasteiger partial charge >= 0.3 is 0 Å². The van der Waals surface area contributed by atoms with Gasteiger partial charge in [-0.3, -0.25) is 4.40 Å². The van der Waals surface area contributed by atoms with Gasteiger partial charge in [0.25, 0.3) is 0 Å². The normalized spacial score (nSPS) is 11.1. The van der Waals surface area contributed by atoms with Gasteiger partial charge in [0.2, 0.25) is 0 Å². The van der Waals surface area contributed by atoms with Crippen LogP contribution in [0.4, 0.5) is 0 Å².